The summed E-state index contributed by atoms with van der Waals surface area (Å²) >= 11 is 0. The molecule has 1 aliphatic heterocycles. The maximum absolute atomic E-state index is 13.9. The first-order valence-corrected chi connectivity index (χ1v) is 13.6. The number of hydrogen-bond acceptors (Lipinski definition) is 5. The number of halogens is 2. The van der Waals surface area contributed by atoms with Gasteiger partial charge in [-0.2, -0.15) is 0 Å². The van der Waals surface area contributed by atoms with Gasteiger partial charge in [-0.15, -0.1) is 12.4 Å². The van der Waals surface area contributed by atoms with E-state index in [2.05, 4.69) is 26.7 Å². The van der Waals surface area contributed by atoms with Gasteiger partial charge in [0.15, 0.2) is 5.03 Å². The third-order valence-corrected chi connectivity index (χ3v) is 8.36. The van der Waals surface area contributed by atoms with E-state index in [-0.39, 0.29) is 42.3 Å². The number of hydrogen-bond donors (Lipinski definition) is 1. The van der Waals surface area contributed by atoms with Gasteiger partial charge < -0.3 is 9.30 Å². The van der Waals surface area contributed by atoms with Crippen molar-refractivity contribution >= 4 is 22.4 Å². The van der Waals surface area contributed by atoms with Gasteiger partial charge in [0.25, 0.3) is 10.0 Å². The van der Waals surface area contributed by atoms with E-state index in [1.165, 1.54) is 36.1 Å². The molecule has 0 saturated carbocycles. The second kappa shape index (κ2) is 11.3. The summed E-state index contributed by atoms with van der Waals surface area (Å²) in [7, 11) is -1.95. The van der Waals surface area contributed by atoms with Gasteiger partial charge in [0.2, 0.25) is 0 Å². The van der Waals surface area contributed by atoms with E-state index < -0.39 is 10.0 Å². The zero-order valence-corrected chi connectivity index (χ0v) is 21.9. The number of nitrogens with zero attached hydrogens (tertiary/aromatic N) is 3. The summed E-state index contributed by atoms with van der Waals surface area (Å²) in [6.45, 7) is 2.58. The highest BCUT2D eigenvalue weighted by Crippen LogP contribution is 2.40. The van der Waals surface area contributed by atoms with E-state index in [0.29, 0.717) is 11.8 Å². The lowest BCUT2D eigenvalue weighted by Gasteiger charge is -2.45. The van der Waals surface area contributed by atoms with Crippen molar-refractivity contribution in [2.75, 3.05) is 26.2 Å². The molecule has 0 spiro atoms. The molecule has 1 saturated heterocycles. The molecule has 194 valence electrons. The molecular weight excluding hydrogens is 503 g/mol. The number of sulfonamides is 1. The first kappa shape index (κ1) is 26.6. The van der Waals surface area contributed by atoms with Crippen LogP contribution in [0.4, 0.5) is 4.39 Å². The molecule has 2 atom stereocenters. The molecule has 0 amide bonds. The van der Waals surface area contributed by atoms with Gasteiger partial charge in [-0.25, -0.2) is 22.5 Å². The van der Waals surface area contributed by atoms with E-state index in [0.717, 1.165) is 37.9 Å². The van der Waals surface area contributed by atoms with Crippen LogP contribution >= 0.6 is 12.4 Å². The summed E-state index contributed by atoms with van der Waals surface area (Å²) in [6, 6.07) is 13.5. The fraction of sp³-hybridized carbons (Fsp3) is 0.423. The molecule has 0 bridgehead atoms. The Balaban J connectivity index is 0.00000304. The van der Waals surface area contributed by atoms with Crippen molar-refractivity contribution in [1.82, 2.24) is 19.2 Å². The zero-order chi connectivity index (χ0) is 24.4. The van der Waals surface area contributed by atoms with Gasteiger partial charge in [-0.05, 0) is 79.7 Å². The van der Waals surface area contributed by atoms with Crippen molar-refractivity contribution in [2.45, 2.75) is 42.7 Å². The normalized spacial score (nSPS) is 19.7. The Morgan fingerprint density at radius 1 is 1.19 bits per heavy atom. The van der Waals surface area contributed by atoms with Crippen molar-refractivity contribution in [3.63, 3.8) is 0 Å². The Kier molecular flexibility index (Phi) is 8.34. The van der Waals surface area contributed by atoms with Gasteiger partial charge >= 0.3 is 0 Å². The summed E-state index contributed by atoms with van der Waals surface area (Å²) in [4.78, 5) is 6.45. The summed E-state index contributed by atoms with van der Waals surface area (Å²) < 4.78 is 48.7. The number of nitrogens with one attached hydrogen (secondary N) is 1. The van der Waals surface area contributed by atoms with Crippen LogP contribution in [-0.2, 0) is 29.9 Å². The van der Waals surface area contributed by atoms with E-state index in [9.17, 15) is 12.8 Å². The van der Waals surface area contributed by atoms with Gasteiger partial charge in [-0.3, -0.25) is 4.90 Å². The Morgan fingerprint density at radius 2 is 2.03 bits per heavy atom. The number of ether oxygens (including phenoxy) is 1. The van der Waals surface area contributed by atoms with Crippen LogP contribution in [0, 0.1) is 5.82 Å². The lowest BCUT2D eigenvalue weighted by Crippen LogP contribution is -2.49. The number of benzene rings is 2. The minimum Gasteiger partial charge on any atom is -0.492 e. The Hall–Kier alpha value is -2.46. The van der Waals surface area contributed by atoms with Crippen LogP contribution in [0.25, 0.3) is 0 Å². The minimum atomic E-state index is -3.67. The largest absolute Gasteiger partial charge is 0.492 e. The van der Waals surface area contributed by atoms with Crippen molar-refractivity contribution < 1.29 is 17.5 Å². The predicted molar refractivity (Wildman–Crippen MR) is 139 cm³/mol. The van der Waals surface area contributed by atoms with Crippen molar-refractivity contribution in [3.8, 4) is 5.75 Å². The number of imidazole rings is 1. The molecule has 3 aromatic rings. The fourth-order valence-corrected chi connectivity index (χ4v) is 6.16. The van der Waals surface area contributed by atoms with Gasteiger partial charge in [0.1, 0.15) is 18.2 Å². The van der Waals surface area contributed by atoms with Crippen LogP contribution in [0.5, 0.6) is 5.75 Å². The average Bonchev–Trinajstić information content (AvgIpc) is 3.24. The van der Waals surface area contributed by atoms with Crippen LogP contribution in [-0.4, -0.2) is 55.2 Å². The lowest BCUT2D eigenvalue weighted by atomic mass is 9.75. The number of aryl methyl sites for hydroxylation is 2. The van der Waals surface area contributed by atoms with E-state index in [1.807, 2.05) is 12.1 Å². The van der Waals surface area contributed by atoms with Crippen molar-refractivity contribution in [1.29, 1.82) is 0 Å². The summed E-state index contributed by atoms with van der Waals surface area (Å²) in [6.07, 6.45) is 7.03. The molecular formula is C26H32ClFN4O3S. The van der Waals surface area contributed by atoms with Crippen LogP contribution in [0.2, 0.25) is 0 Å². The lowest BCUT2D eigenvalue weighted by molar-refractivity contribution is 0.0876. The number of likely N-dealkylation sites (tertiary alicyclic amines) is 1. The molecule has 0 radical (unpaired) electrons. The Labute approximate surface area is 218 Å². The number of rotatable bonds is 9. The summed E-state index contributed by atoms with van der Waals surface area (Å²) in [5.41, 5.74) is 3.57. The molecule has 2 aromatic carbocycles. The number of fused-ring (bicyclic) bond motifs is 1. The van der Waals surface area contributed by atoms with Crippen molar-refractivity contribution in [3.05, 3.63) is 77.5 Å². The summed E-state index contributed by atoms with van der Waals surface area (Å²) in [5, 5.41) is -0.00833. The Morgan fingerprint density at radius 3 is 2.72 bits per heavy atom. The highest BCUT2D eigenvalue weighted by Gasteiger charge is 2.36. The van der Waals surface area contributed by atoms with Gasteiger partial charge in [0, 0.05) is 31.7 Å². The van der Waals surface area contributed by atoms with Crippen LogP contribution in [0.3, 0.4) is 0 Å². The highest BCUT2D eigenvalue weighted by molar-refractivity contribution is 7.89. The number of aromatic nitrogens is 2. The highest BCUT2D eigenvalue weighted by atomic mass is 35.5. The van der Waals surface area contributed by atoms with E-state index in [1.54, 1.807) is 23.7 Å². The quantitative estimate of drug-likeness (QED) is 0.424. The predicted octanol–water partition coefficient (Wildman–Crippen LogP) is 3.69. The maximum atomic E-state index is 13.9. The van der Waals surface area contributed by atoms with Crippen LogP contribution in [0.1, 0.15) is 35.4 Å². The van der Waals surface area contributed by atoms with Crippen LogP contribution < -0.4 is 9.46 Å². The first-order chi connectivity index (χ1) is 16.9. The smallest absolute Gasteiger partial charge is 0.259 e. The standard InChI is InChI=1S/C26H31FN4O3S.ClH/c1-30-17-26(28-18-30)35(32,33)29-10-13-34-22-8-6-20-7-9-25(31-11-3-12-31)24(23(20)16-22)15-19-4-2-5-21(27)14-19;/h2,4-6,8,14,16-18,24-25,29H,3,7,9-13,15H2,1H3;1H. The fourth-order valence-electron chi connectivity index (χ4n) is 5.17. The molecule has 2 heterocycles. The molecule has 1 N–H and O–H groups in total. The van der Waals surface area contributed by atoms with E-state index >= 15 is 0 Å². The molecule has 2 aliphatic rings. The topological polar surface area (TPSA) is 76.5 Å². The Bertz CT molecular complexity index is 1300. The van der Waals surface area contributed by atoms with Gasteiger partial charge in [-0.1, -0.05) is 18.2 Å². The molecule has 1 aromatic heterocycles. The zero-order valence-electron chi connectivity index (χ0n) is 20.3. The third kappa shape index (κ3) is 5.91. The summed E-state index contributed by atoms with van der Waals surface area (Å²) in [5.74, 6) is 0.769. The average molecular weight is 535 g/mol. The third-order valence-electron chi connectivity index (χ3n) is 7.01. The van der Waals surface area contributed by atoms with Crippen LogP contribution in [0.15, 0.2) is 60.0 Å². The molecule has 7 nitrogen and oxygen atoms in total. The molecule has 36 heavy (non-hydrogen) atoms. The first-order valence-electron chi connectivity index (χ1n) is 12.1. The molecule has 5 rings (SSSR count). The van der Waals surface area contributed by atoms with Crippen molar-refractivity contribution in [2.24, 2.45) is 7.05 Å². The van der Waals surface area contributed by atoms with E-state index in [4.69, 9.17) is 4.74 Å². The molecule has 10 heteroatoms. The monoisotopic (exact) mass is 534 g/mol. The van der Waals surface area contributed by atoms with Gasteiger partial charge in [0.05, 0.1) is 6.33 Å². The second-order valence-electron chi connectivity index (χ2n) is 9.42. The maximum Gasteiger partial charge on any atom is 0.259 e. The minimum absolute atomic E-state index is 0. The second-order valence-corrected chi connectivity index (χ2v) is 11.1. The molecule has 2 unspecified atom stereocenters. The molecule has 1 aliphatic carbocycles. The SMILES string of the molecule is Cl.Cn1cnc(S(=O)(=O)NCCOc2ccc3c(c2)C(Cc2cccc(F)c2)C(N2CCC2)CC3)c1. The molecule has 1 fully saturated rings.